The highest BCUT2D eigenvalue weighted by Gasteiger charge is 2.20. The predicted octanol–water partition coefficient (Wildman–Crippen LogP) is 4.75. The predicted molar refractivity (Wildman–Crippen MR) is 78.9 cm³/mol. The van der Waals surface area contributed by atoms with Crippen LogP contribution in [-0.4, -0.2) is 5.11 Å². The summed E-state index contributed by atoms with van der Waals surface area (Å²) in [5.74, 6) is -1.11. The third-order valence-corrected chi connectivity index (χ3v) is 3.92. The molecule has 1 aromatic heterocycles. The SMILES string of the molecule is OC(Cc1c(F)ccc(Br)c1F)c1cc2ccccc2o1. The lowest BCUT2D eigenvalue weighted by Gasteiger charge is -2.10. The minimum absolute atomic E-state index is 0.163. The smallest absolute Gasteiger partial charge is 0.143 e. The van der Waals surface area contributed by atoms with Crippen LogP contribution in [0, 0.1) is 11.6 Å². The van der Waals surface area contributed by atoms with Crippen molar-refractivity contribution < 1.29 is 18.3 Å². The van der Waals surface area contributed by atoms with Crippen molar-refractivity contribution in [1.82, 2.24) is 0 Å². The maximum Gasteiger partial charge on any atom is 0.143 e. The van der Waals surface area contributed by atoms with E-state index >= 15 is 0 Å². The normalized spacial score (nSPS) is 12.8. The van der Waals surface area contributed by atoms with Gasteiger partial charge in [-0.05, 0) is 40.2 Å². The molecule has 5 heteroatoms. The Labute approximate surface area is 128 Å². The highest BCUT2D eigenvalue weighted by molar-refractivity contribution is 9.10. The van der Waals surface area contributed by atoms with E-state index in [2.05, 4.69) is 15.9 Å². The number of aliphatic hydroxyl groups is 1. The van der Waals surface area contributed by atoms with Gasteiger partial charge in [-0.2, -0.15) is 0 Å². The zero-order valence-electron chi connectivity index (χ0n) is 10.8. The number of aliphatic hydroxyl groups excluding tert-OH is 1. The molecule has 0 amide bonds. The van der Waals surface area contributed by atoms with Crippen molar-refractivity contribution in [3.63, 3.8) is 0 Å². The van der Waals surface area contributed by atoms with Crippen LogP contribution >= 0.6 is 15.9 Å². The highest BCUT2D eigenvalue weighted by Crippen LogP contribution is 2.29. The summed E-state index contributed by atoms with van der Waals surface area (Å²) in [6, 6.07) is 11.4. The molecule has 3 rings (SSSR count). The van der Waals surface area contributed by atoms with Gasteiger partial charge in [-0.3, -0.25) is 0 Å². The molecule has 0 aliphatic carbocycles. The van der Waals surface area contributed by atoms with Crippen LogP contribution < -0.4 is 0 Å². The van der Waals surface area contributed by atoms with Gasteiger partial charge in [-0.15, -0.1) is 0 Å². The van der Waals surface area contributed by atoms with Gasteiger partial charge in [0.15, 0.2) is 0 Å². The molecule has 2 aromatic carbocycles. The topological polar surface area (TPSA) is 33.4 Å². The summed E-state index contributed by atoms with van der Waals surface area (Å²) < 4.78 is 33.3. The molecule has 1 unspecified atom stereocenters. The maximum absolute atomic E-state index is 13.9. The van der Waals surface area contributed by atoms with Gasteiger partial charge in [0.1, 0.15) is 29.1 Å². The number of furan rings is 1. The van der Waals surface area contributed by atoms with Crippen LogP contribution in [0.1, 0.15) is 17.4 Å². The molecule has 0 radical (unpaired) electrons. The minimum atomic E-state index is -1.12. The molecule has 0 saturated carbocycles. The average Bonchev–Trinajstić information content (AvgIpc) is 2.91. The van der Waals surface area contributed by atoms with Gasteiger partial charge in [0.2, 0.25) is 0 Å². The van der Waals surface area contributed by atoms with Crippen LogP contribution in [-0.2, 0) is 6.42 Å². The molecule has 1 heterocycles. The molecule has 0 saturated heterocycles. The lowest BCUT2D eigenvalue weighted by atomic mass is 10.0. The van der Waals surface area contributed by atoms with Crippen LogP contribution in [0.2, 0.25) is 0 Å². The molecule has 1 N–H and O–H groups in total. The van der Waals surface area contributed by atoms with Crippen molar-refractivity contribution in [3.8, 4) is 0 Å². The van der Waals surface area contributed by atoms with Crippen molar-refractivity contribution in [2.24, 2.45) is 0 Å². The Morgan fingerprint density at radius 1 is 1.14 bits per heavy atom. The maximum atomic E-state index is 13.9. The largest absolute Gasteiger partial charge is 0.458 e. The van der Waals surface area contributed by atoms with E-state index in [-0.39, 0.29) is 22.2 Å². The van der Waals surface area contributed by atoms with Crippen LogP contribution in [0.3, 0.4) is 0 Å². The minimum Gasteiger partial charge on any atom is -0.458 e. The zero-order valence-corrected chi connectivity index (χ0v) is 12.4. The first-order chi connectivity index (χ1) is 10.1. The van der Waals surface area contributed by atoms with Crippen molar-refractivity contribution in [2.45, 2.75) is 12.5 Å². The first kappa shape index (κ1) is 14.2. The van der Waals surface area contributed by atoms with Crippen LogP contribution in [0.4, 0.5) is 8.78 Å². The van der Waals surface area contributed by atoms with E-state index in [4.69, 9.17) is 4.42 Å². The molecule has 2 nitrogen and oxygen atoms in total. The molecular weight excluding hydrogens is 342 g/mol. The molecule has 21 heavy (non-hydrogen) atoms. The molecule has 0 spiro atoms. The second kappa shape index (κ2) is 5.58. The van der Waals surface area contributed by atoms with E-state index in [0.29, 0.717) is 5.58 Å². The lowest BCUT2D eigenvalue weighted by molar-refractivity contribution is 0.150. The van der Waals surface area contributed by atoms with Gasteiger partial charge >= 0.3 is 0 Å². The molecule has 3 aromatic rings. The Morgan fingerprint density at radius 2 is 1.90 bits per heavy atom. The second-order valence-corrected chi connectivity index (χ2v) is 5.58. The van der Waals surface area contributed by atoms with E-state index in [1.54, 1.807) is 12.1 Å². The van der Waals surface area contributed by atoms with Gasteiger partial charge < -0.3 is 9.52 Å². The van der Waals surface area contributed by atoms with Crippen molar-refractivity contribution in [1.29, 1.82) is 0 Å². The van der Waals surface area contributed by atoms with Crippen LogP contribution in [0.15, 0.2) is 51.4 Å². The third kappa shape index (κ3) is 2.71. The highest BCUT2D eigenvalue weighted by atomic mass is 79.9. The molecule has 1 atom stereocenters. The van der Waals surface area contributed by atoms with Gasteiger partial charge in [0.25, 0.3) is 0 Å². The van der Waals surface area contributed by atoms with E-state index in [1.807, 2.05) is 18.2 Å². The van der Waals surface area contributed by atoms with Gasteiger partial charge in [-0.25, -0.2) is 8.78 Å². The number of hydrogen-bond donors (Lipinski definition) is 1. The summed E-state index contributed by atoms with van der Waals surface area (Å²) in [7, 11) is 0. The number of rotatable bonds is 3. The van der Waals surface area contributed by atoms with Gasteiger partial charge in [0, 0.05) is 17.4 Å². The molecule has 0 bridgehead atoms. The molecule has 0 aliphatic heterocycles. The molecule has 108 valence electrons. The fourth-order valence-electron chi connectivity index (χ4n) is 2.22. The van der Waals surface area contributed by atoms with Crippen LogP contribution in [0.25, 0.3) is 11.0 Å². The first-order valence-electron chi connectivity index (χ1n) is 6.35. The Balaban J connectivity index is 1.93. The van der Waals surface area contributed by atoms with E-state index < -0.39 is 17.7 Å². The van der Waals surface area contributed by atoms with E-state index in [0.717, 1.165) is 11.5 Å². The van der Waals surface area contributed by atoms with E-state index in [9.17, 15) is 13.9 Å². The lowest BCUT2D eigenvalue weighted by Crippen LogP contribution is -2.05. The quantitative estimate of drug-likeness (QED) is 0.690. The van der Waals surface area contributed by atoms with Crippen molar-refractivity contribution in [3.05, 3.63) is 69.9 Å². The summed E-state index contributed by atoms with van der Waals surface area (Å²) in [5.41, 5.74) is 0.457. The Bertz CT molecular complexity index is 765. The van der Waals surface area contributed by atoms with Gasteiger partial charge in [0.05, 0.1) is 4.47 Å². The number of hydrogen-bond acceptors (Lipinski definition) is 2. The summed E-state index contributed by atoms with van der Waals surface area (Å²) in [4.78, 5) is 0. The molecular formula is C16H11BrF2O2. The van der Waals surface area contributed by atoms with Crippen molar-refractivity contribution in [2.75, 3.05) is 0 Å². The summed E-state index contributed by atoms with van der Waals surface area (Å²) in [6.45, 7) is 0. The first-order valence-corrected chi connectivity index (χ1v) is 7.14. The molecule has 0 aliphatic rings. The van der Waals surface area contributed by atoms with E-state index in [1.165, 1.54) is 6.07 Å². The number of para-hydroxylation sites is 1. The summed E-state index contributed by atoms with van der Waals surface area (Å²) >= 11 is 3.01. The third-order valence-electron chi connectivity index (χ3n) is 3.31. The number of halogens is 3. The fraction of sp³-hybridized carbons (Fsp3) is 0.125. The Hall–Kier alpha value is -1.72. The summed E-state index contributed by atoms with van der Waals surface area (Å²) in [6.07, 6.45) is -1.31. The number of benzene rings is 2. The fourth-order valence-corrected chi connectivity index (χ4v) is 2.59. The Morgan fingerprint density at radius 3 is 2.67 bits per heavy atom. The number of fused-ring (bicyclic) bond motifs is 1. The average molecular weight is 353 g/mol. The van der Waals surface area contributed by atoms with Crippen molar-refractivity contribution >= 4 is 26.9 Å². The standard InChI is InChI=1S/C16H11BrF2O2/c17-11-5-6-12(18)10(16(11)19)8-13(20)15-7-9-3-1-2-4-14(9)21-15/h1-7,13,20H,8H2. The Kier molecular flexibility index (Phi) is 3.78. The molecule has 0 fully saturated rings. The second-order valence-electron chi connectivity index (χ2n) is 4.73. The summed E-state index contributed by atoms with van der Waals surface area (Å²) in [5, 5.41) is 11.0. The monoisotopic (exact) mass is 352 g/mol. The van der Waals surface area contributed by atoms with Crippen LogP contribution in [0.5, 0.6) is 0 Å². The van der Waals surface area contributed by atoms with Gasteiger partial charge in [-0.1, -0.05) is 18.2 Å². The zero-order chi connectivity index (χ0) is 15.0.